The Morgan fingerprint density at radius 1 is 1.12 bits per heavy atom. The second-order valence-corrected chi connectivity index (χ2v) is 7.85. The van der Waals surface area contributed by atoms with Crippen LogP contribution in [-0.2, 0) is 16.0 Å². The molecule has 138 valence electrons. The first kappa shape index (κ1) is 19.0. The molecule has 2 aliphatic rings. The molecule has 1 aliphatic carbocycles. The number of carbonyl (C=O) groups is 1. The van der Waals surface area contributed by atoms with Gasteiger partial charge >= 0.3 is 0 Å². The number of hydrogen-bond acceptors (Lipinski definition) is 3. The summed E-state index contributed by atoms with van der Waals surface area (Å²) in [5.74, 6) is -0.0202. The monoisotopic (exact) mass is 384 g/mol. The fraction of sp³-hybridized carbons (Fsp3) is 0.632. The van der Waals surface area contributed by atoms with E-state index in [4.69, 9.17) is 27.9 Å². The summed E-state index contributed by atoms with van der Waals surface area (Å²) in [6, 6.07) is 5.33. The largest absolute Gasteiger partial charge is 0.379 e. The van der Waals surface area contributed by atoms with E-state index in [1.807, 2.05) is 0 Å². The average molecular weight is 385 g/mol. The van der Waals surface area contributed by atoms with Gasteiger partial charge in [0.05, 0.1) is 19.6 Å². The van der Waals surface area contributed by atoms with Crippen LogP contribution in [0.25, 0.3) is 0 Å². The number of ether oxygens (including phenoxy) is 1. The van der Waals surface area contributed by atoms with Gasteiger partial charge in [0.15, 0.2) is 0 Å². The maximum absolute atomic E-state index is 12.5. The van der Waals surface area contributed by atoms with Crippen LogP contribution < -0.4 is 5.32 Å². The maximum Gasteiger partial charge on any atom is 0.224 e. The zero-order valence-corrected chi connectivity index (χ0v) is 16.0. The molecule has 1 amide bonds. The lowest BCUT2D eigenvalue weighted by Gasteiger charge is -2.48. The van der Waals surface area contributed by atoms with Crippen molar-refractivity contribution in [3.63, 3.8) is 0 Å². The molecule has 1 saturated carbocycles. The molecule has 0 radical (unpaired) electrons. The number of morpholine rings is 1. The van der Waals surface area contributed by atoms with Crippen LogP contribution in [-0.4, -0.2) is 49.2 Å². The van der Waals surface area contributed by atoms with E-state index in [0.717, 1.165) is 39.1 Å². The van der Waals surface area contributed by atoms with Crippen LogP contribution in [0.15, 0.2) is 18.2 Å². The normalized spacial score (nSPS) is 21.0. The quantitative estimate of drug-likeness (QED) is 0.841. The second-order valence-electron chi connectivity index (χ2n) is 7.04. The van der Waals surface area contributed by atoms with Crippen molar-refractivity contribution in [3.8, 4) is 0 Å². The van der Waals surface area contributed by atoms with Crippen molar-refractivity contribution in [2.45, 2.75) is 44.1 Å². The molecule has 0 aromatic heterocycles. The molecule has 2 fully saturated rings. The van der Waals surface area contributed by atoms with E-state index in [1.165, 1.54) is 19.3 Å². The van der Waals surface area contributed by atoms with Gasteiger partial charge in [0.2, 0.25) is 5.91 Å². The molecule has 0 atom stereocenters. The summed E-state index contributed by atoms with van der Waals surface area (Å²) in [6.45, 7) is 4.15. The highest BCUT2D eigenvalue weighted by Crippen LogP contribution is 2.34. The summed E-state index contributed by atoms with van der Waals surface area (Å²) in [5.41, 5.74) is 0.773. The summed E-state index contributed by atoms with van der Waals surface area (Å²) in [6.07, 6.45) is 6.24. The zero-order chi connectivity index (χ0) is 17.7. The van der Waals surface area contributed by atoms with E-state index in [-0.39, 0.29) is 17.9 Å². The number of hydrogen-bond donors (Lipinski definition) is 1. The Labute approximate surface area is 159 Å². The van der Waals surface area contributed by atoms with Crippen molar-refractivity contribution in [2.24, 2.45) is 0 Å². The SMILES string of the molecule is O=C(Cc1c(Cl)cccc1Cl)NCC1(N2CCOCC2)CCCCC1. The third-order valence-electron chi connectivity index (χ3n) is 5.48. The number of benzene rings is 1. The van der Waals surface area contributed by atoms with Crippen LogP contribution >= 0.6 is 23.2 Å². The van der Waals surface area contributed by atoms with Gasteiger partial charge in [-0.05, 0) is 30.5 Å². The van der Waals surface area contributed by atoms with Gasteiger partial charge in [-0.25, -0.2) is 0 Å². The minimum atomic E-state index is -0.0202. The van der Waals surface area contributed by atoms with Gasteiger partial charge in [-0.3, -0.25) is 9.69 Å². The number of carbonyl (C=O) groups excluding carboxylic acids is 1. The summed E-state index contributed by atoms with van der Waals surface area (Å²) < 4.78 is 5.51. The number of rotatable bonds is 5. The summed E-state index contributed by atoms with van der Waals surface area (Å²) >= 11 is 12.4. The van der Waals surface area contributed by atoms with Crippen molar-refractivity contribution < 1.29 is 9.53 Å². The predicted molar refractivity (Wildman–Crippen MR) is 101 cm³/mol. The van der Waals surface area contributed by atoms with E-state index in [2.05, 4.69) is 10.2 Å². The van der Waals surface area contributed by atoms with Crippen LogP contribution in [0.5, 0.6) is 0 Å². The highest BCUT2D eigenvalue weighted by molar-refractivity contribution is 6.36. The molecule has 1 N–H and O–H groups in total. The number of nitrogens with one attached hydrogen (secondary N) is 1. The second kappa shape index (κ2) is 8.72. The van der Waals surface area contributed by atoms with E-state index in [0.29, 0.717) is 22.2 Å². The van der Waals surface area contributed by atoms with Gasteiger partial charge in [0.1, 0.15) is 0 Å². The third kappa shape index (κ3) is 4.68. The van der Waals surface area contributed by atoms with Gasteiger partial charge in [-0.1, -0.05) is 48.5 Å². The lowest BCUT2D eigenvalue weighted by atomic mass is 9.79. The minimum absolute atomic E-state index is 0.0202. The Hall–Kier alpha value is -0.810. The Balaban J connectivity index is 1.63. The Morgan fingerprint density at radius 2 is 1.76 bits per heavy atom. The predicted octanol–water partition coefficient (Wildman–Crippen LogP) is 3.69. The van der Waals surface area contributed by atoms with Gasteiger partial charge < -0.3 is 10.1 Å². The highest BCUT2D eigenvalue weighted by atomic mass is 35.5. The summed E-state index contributed by atoms with van der Waals surface area (Å²) in [7, 11) is 0. The van der Waals surface area contributed by atoms with Crippen LogP contribution in [0.1, 0.15) is 37.7 Å². The first-order valence-corrected chi connectivity index (χ1v) is 9.89. The van der Waals surface area contributed by atoms with Gasteiger partial charge in [0.25, 0.3) is 0 Å². The van der Waals surface area contributed by atoms with E-state index < -0.39 is 0 Å². The topological polar surface area (TPSA) is 41.6 Å². The van der Waals surface area contributed by atoms with Crippen molar-refractivity contribution in [2.75, 3.05) is 32.8 Å². The Kier molecular flexibility index (Phi) is 6.61. The molecular weight excluding hydrogens is 359 g/mol. The first-order chi connectivity index (χ1) is 12.1. The molecule has 1 aromatic carbocycles. The molecule has 1 saturated heterocycles. The van der Waals surface area contributed by atoms with E-state index >= 15 is 0 Å². The fourth-order valence-electron chi connectivity index (χ4n) is 4.04. The maximum atomic E-state index is 12.5. The zero-order valence-electron chi connectivity index (χ0n) is 14.5. The van der Waals surface area contributed by atoms with Crippen LogP contribution in [0.2, 0.25) is 10.0 Å². The van der Waals surface area contributed by atoms with Crippen molar-refractivity contribution in [1.82, 2.24) is 10.2 Å². The molecule has 1 heterocycles. The highest BCUT2D eigenvalue weighted by Gasteiger charge is 2.38. The van der Waals surface area contributed by atoms with Gasteiger partial charge in [-0.2, -0.15) is 0 Å². The summed E-state index contributed by atoms with van der Waals surface area (Å²) in [5, 5.41) is 4.24. The third-order valence-corrected chi connectivity index (χ3v) is 6.19. The van der Waals surface area contributed by atoms with Gasteiger partial charge in [-0.15, -0.1) is 0 Å². The standard InChI is InChI=1S/C19H26Cl2N2O2/c20-16-5-4-6-17(21)15(16)13-18(24)22-14-19(7-2-1-3-8-19)23-9-11-25-12-10-23/h4-6H,1-3,7-14H2,(H,22,24). The lowest BCUT2D eigenvalue weighted by Crippen LogP contribution is -2.59. The van der Waals surface area contributed by atoms with Crippen LogP contribution in [0, 0.1) is 0 Å². The van der Waals surface area contributed by atoms with Crippen molar-refractivity contribution in [1.29, 1.82) is 0 Å². The molecule has 0 unspecified atom stereocenters. The Bertz CT molecular complexity index is 577. The number of amides is 1. The van der Waals surface area contributed by atoms with Crippen molar-refractivity contribution in [3.05, 3.63) is 33.8 Å². The molecule has 6 heteroatoms. The van der Waals surface area contributed by atoms with E-state index in [9.17, 15) is 4.79 Å². The summed E-state index contributed by atoms with van der Waals surface area (Å²) in [4.78, 5) is 15.0. The lowest BCUT2D eigenvalue weighted by molar-refractivity contribution is -0.121. The first-order valence-electron chi connectivity index (χ1n) is 9.13. The molecule has 4 nitrogen and oxygen atoms in total. The van der Waals surface area contributed by atoms with Crippen molar-refractivity contribution >= 4 is 29.1 Å². The fourth-order valence-corrected chi connectivity index (χ4v) is 4.57. The van der Waals surface area contributed by atoms with Crippen LogP contribution in [0.3, 0.4) is 0 Å². The molecular formula is C19H26Cl2N2O2. The number of nitrogens with zero attached hydrogens (tertiary/aromatic N) is 1. The molecule has 3 rings (SSSR count). The molecule has 25 heavy (non-hydrogen) atoms. The average Bonchev–Trinajstić information content (AvgIpc) is 2.65. The van der Waals surface area contributed by atoms with Crippen LogP contribution in [0.4, 0.5) is 0 Å². The molecule has 1 aliphatic heterocycles. The van der Waals surface area contributed by atoms with Gasteiger partial charge in [0, 0.05) is 35.2 Å². The molecule has 0 spiro atoms. The molecule has 1 aromatic rings. The minimum Gasteiger partial charge on any atom is -0.379 e. The Morgan fingerprint density at radius 3 is 2.40 bits per heavy atom. The van der Waals surface area contributed by atoms with E-state index in [1.54, 1.807) is 18.2 Å². The smallest absolute Gasteiger partial charge is 0.224 e. The number of halogens is 2. The molecule has 0 bridgehead atoms.